The summed E-state index contributed by atoms with van der Waals surface area (Å²) in [6.07, 6.45) is 0. The highest BCUT2D eigenvalue weighted by molar-refractivity contribution is 6.31. The number of methoxy groups -OCH3 is 2. The van der Waals surface area contributed by atoms with E-state index in [4.69, 9.17) is 26.8 Å². The number of halogens is 2. The molecule has 1 atom stereocenters. The SMILES string of the molecule is COc1ccc(C(N)c2cccc(F)c2Cl)c(OC)c1. The molecule has 0 aliphatic carbocycles. The van der Waals surface area contributed by atoms with E-state index in [9.17, 15) is 4.39 Å². The number of hydrogen-bond donors (Lipinski definition) is 1. The zero-order valence-electron chi connectivity index (χ0n) is 11.2. The zero-order valence-corrected chi connectivity index (χ0v) is 11.9. The maximum Gasteiger partial charge on any atom is 0.142 e. The van der Waals surface area contributed by atoms with Gasteiger partial charge in [0, 0.05) is 11.6 Å². The normalized spacial score (nSPS) is 12.1. The zero-order chi connectivity index (χ0) is 14.7. The molecule has 0 bridgehead atoms. The molecule has 2 rings (SSSR count). The Morgan fingerprint density at radius 1 is 1.10 bits per heavy atom. The van der Waals surface area contributed by atoms with Gasteiger partial charge in [0.1, 0.15) is 17.3 Å². The van der Waals surface area contributed by atoms with Crippen molar-refractivity contribution in [1.82, 2.24) is 0 Å². The average Bonchev–Trinajstić information content (AvgIpc) is 2.48. The molecule has 2 aromatic carbocycles. The second-order valence-corrected chi connectivity index (χ2v) is 4.61. The fourth-order valence-electron chi connectivity index (χ4n) is 2.00. The van der Waals surface area contributed by atoms with Crippen molar-refractivity contribution in [3.63, 3.8) is 0 Å². The minimum Gasteiger partial charge on any atom is -0.497 e. The summed E-state index contributed by atoms with van der Waals surface area (Å²) in [6, 6.07) is 9.26. The van der Waals surface area contributed by atoms with Crippen LogP contribution in [-0.4, -0.2) is 14.2 Å². The molecule has 1 unspecified atom stereocenters. The van der Waals surface area contributed by atoms with Crippen molar-refractivity contribution in [2.24, 2.45) is 5.73 Å². The Hall–Kier alpha value is -1.78. The summed E-state index contributed by atoms with van der Waals surface area (Å²) in [5.41, 5.74) is 7.40. The topological polar surface area (TPSA) is 44.5 Å². The molecule has 0 aromatic heterocycles. The van der Waals surface area contributed by atoms with E-state index in [1.54, 1.807) is 37.4 Å². The molecule has 0 aliphatic heterocycles. The Kier molecular flexibility index (Phi) is 4.47. The molecule has 0 radical (unpaired) electrons. The molecule has 0 aliphatic rings. The van der Waals surface area contributed by atoms with Crippen molar-refractivity contribution < 1.29 is 13.9 Å². The molecule has 0 saturated heterocycles. The smallest absolute Gasteiger partial charge is 0.142 e. The second-order valence-electron chi connectivity index (χ2n) is 4.23. The van der Waals surface area contributed by atoms with Gasteiger partial charge in [0.05, 0.1) is 25.3 Å². The lowest BCUT2D eigenvalue weighted by Gasteiger charge is -2.18. The fourth-order valence-corrected chi connectivity index (χ4v) is 2.25. The van der Waals surface area contributed by atoms with Gasteiger partial charge < -0.3 is 15.2 Å². The Morgan fingerprint density at radius 2 is 1.85 bits per heavy atom. The van der Waals surface area contributed by atoms with Gasteiger partial charge >= 0.3 is 0 Å². The van der Waals surface area contributed by atoms with Crippen LogP contribution in [-0.2, 0) is 0 Å². The molecule has 20 heavy (non-hydrogen) atoms. The molecular formula is C15H15ClFNO2. The lowest BCUT2D eigenvalue weighted by molar-refractivity contribution is 0.390. The summed E-state index contributed by atoms with van der Waals surface area (Å²) in [5.74, 6) is 0.729. The van der Waals surface area contributed by atoms with E-state index in [-0.39, 0.29) is 5.02 Å². The lowest BCUT2D eigenvalue weighted by atomic mass is 9.98. The number of benzene rings is 2. The third-order valence-electron chi connectivity index (χ3n) is 3.09. The lowest BCUT2D eigenvalue weighted by Crippen LogP contribution is -2.14. The summed E-state index contributed by atoms with van der Waals surface area (Å²) in [5, 5.41) is 0.0258. The van der Waals surface area contributed by atoms with Gasteiger partial charge in [0.25, 0.3) is 0 Å². The molecule has 0 heterocycles. The Labute approximate surface area is 122 Å². The van der Waals surface area contributed by atoms with Crippen LogP contribution in [0.4, 0.5) is 4.39 Å². The first-order chi connectivity index (χ1) is 9.58. The predicted octanol–water partition coefficient (Wildman–Crippen LogP) is 3.54. The average molecular weight is 296 g/mol. The summed E-state index contributed by atoms with van der Waals surface area (Å²) in [7, 11) is 3.11. The molecular weight excluding hydrogens is 281 g/mol. The van der Waals surface area contributed by atoms with E-state index in [0.29, 0.717) is 22.6 Å². The van der Waals surface area contributed by atoms with Crippen molar-refractivity contribution in [2.75, 3.05) is 14.2 Å². The standard InChI is InChI=1S/C15H15ClFNO2/c1-19-9-6-7-10(13(8-9)20-2)15(18)11-4-3-5-12(17)14(11)16/h3-8,15H,18H2,1-2H3. The van der Waals surface area contributed by atoms with Crippen molar-refractivity contribution >= 4 is 11.6 Å². The van der Waals surface area contributed by atoms with Crippen LogP contribution in [0.2, 0.25) is 5.02 Å². The van der Waals surface area contributed by atoms with Crippen LogP contribution in [0.25, 0.3) is 0 Å². The van der Waals surface area contributed by atoms with Crippen molar-refractivity contribution in [3.05, 3.63) is 58.4 Å². The van der Waals surface area contributed by atoms with Gasteiger partial charge in [-0.3, -0.25) is 0 Å². The molecule has 3 nitrogen and oxygen atoms in total. The van der Waals surface area contributed by atoms with Gasteiger partial charge in [-0.15, -0.1) is 0 Å². The molecule has 5 heteroatoms. The molecule has 0 amide bonds. The first-order valence-corrected chi connectivity index (χ1v) is 6.37. The summed E-state index contributed by atoms with van der Waals surface area (Å²) in [6.45, 7) is 0. The Morgan fingerprint density at radius 3 is 2.50 bits per heavy atom. The maximum absolute atomic E-state index is 13.5. The van der Waals surface area contributed by atoms with Crippen LogP contribution in [0, 0.1) is 5.82 Å². The molecule has 0 spiro atoms. The number of rotatable bonds is 4. The highest BCUT2D eigenvalue weighted by Crippen LogP contribution is 2.34. The van der Waals surface area contributed by atoms with Gasteiger partial charge in [0.2, 0.25) is 0 Å². The first kappa shape index (κ1) is 14.6. The fraction of sp³-hybridized carbons (Fsp3) is 0.200. The van der Waals surface area contributed by atoms with Crippen LogP contribution >= 0.6 is 11.6 Å². The monoisotopic (exact) mass is 295 g/mol. The van der Waals surface area contributed by atoms with Crippen LogP contribution in [0.3, 0.4) is 0 Å². The van der Waals surface area contributed by atoms with Gasteiger partial charge in [-0.2, -0.15) is 0 Å². The summed E-state index contributed by atoms with van der Waals surface area (Å²) < 4.78 is 24.0. The van der Waals surface area contributed by atoms with Gasteiger partial charge in [-0.25, -0.2) is 4.39 Å². The second kappa shape index (κ2) is 6.11. The van der Waals surface area contributed by atoms with Gasteiger partial charge in [-0.05, 0) is 23.8 Å². The predicted molar refractivity (Wildman–Crippen MR) is 77.0 cm³/mol. The Balaban J connectivity index is 2.47. The van der Waals surface area contributed by atoms with Crippen LogP contribution in [0.15, 0.2) is 36.4 Å². The van der Waals surface area contributed by atoms with E-state index in [1.165, 1.54) is 13.2 Å². The van der Waals surface area contributed by atoms with Crippen molar-refractivity contribution in [1.29, 1.82) is 0 Å². The number of hydrogen-bond acceptors (Lipinski definition) is 3. The van der Waals surface area contributed by atoms with Gasteiger partial charge in [0.15, 0.2) is 0 Å². The van der Waals surface area contributed by atoms with Crippen LogP contribution < -0.4 is 15.2 Å². The van der Waals surface area contributed by atoms with E-state index >= 15 is 0 Å². The first-order valence-electron chi connectivity index (χ1n) is 6.00. The van der Waals surface area contributed by atoms with E-state index in [0.717, 1.165) is 0 Å². The van der Waals surface area contributed by atoms with E-state index in [1.807, 2.05) is 0 Å². The van der Waals surface area contributed by atoms with Gasteiger partial charge in [-0.1, -0.05) is 23.7 Å². The number of ether oxygens (including phenoxy) is 2. The Bertz CT molecular complexity index is 619. The molecule has 0 fully saturated rings. The van der Waals surface area contributed by atoms with Crippen LogP contribution in [0.1, 0.15) is 17.2 Å². The van der Waals surface area contributed by atoms with E-state index in [2.05, 4.69) is 0 Å². The highest BCUT2D eigenvalue weighted by Gasteiger charge is 2.18. The maximum atomic E-state index is 13.5. The van der Waals surface area contributed by atoms with Crippen molar-refractivity contribution in [3.8, 4) is 11.5 Å². The van der Waals surface area contributed by atoms with Crippen LogP contribution in [0.5, 0.6) is 11.5 Å². The quantitative estimate of drug-likeness (QED) is 0.938. The minimum atomic E-state index is -0.584. The molecule has 0 saturated carbocycles. The third kappa shape index (κ3) is 2.71. The number of nitrogens with two attached hydrogens (primary N) is 1. The molecule has 2 N–H and O–H groups in total. The molecule has 106 valence electrons. The van der Waals surface area contributed by atoms with Crippen molar-refractivity contribution in [2.45, 2.75) is 6.04 Å². The van der Waals surface area contributed by atoms with E-state index < -0.39 is 11.9 Å². The summed E-state index contributed by atoms with van der Waals surface area (Å²) in [4.78, 5) is 0. The molecule has 2 aromatic rings. The summed E-state index contributed by atoms with van der Waals surface area (Å²) >= 11 is 5.97. The largest absolute Gasteiger partial charge is 0.497 e. The minimum absolute atomic E-state index is 0.0258. The highest BCUT2D eigenvalue weighted by atomic mass is 35.5. The third-order valence-corrected chi connectivity index (χ3v) is 3.49.